The molecule has 0 spiro atoms. The molecule has 2 aromatic carbocycles. The molecule has 1 fully saturated rings. The molecule has 0 radical (unpaired) electrons. The molecule has 0 saturated heterocycles. The Bertz CT molecular complexity index is 832. The van der Waals surface area contributed by atoms with Gasteiger partial charge in [-0.3, -0.25) is 4.79 Å². The highest BCUT2D eigenvalue weighted by atomic mass is 16.5. The average Bonchev–Trinajstić information content (AvgIpc) is 2.65. The van der Waals surface area contributed by atoms with Gasteiger partial charge in [0.25, 0.3) is 0 Å². The van der Waals surface area contributed by atoms with Crippen LogP contribution in [-0.2, 0) is 11.3 Å². The Morgan fingerprint density at radius 2 is 1.76 bits per heavy atom. The van der Waals surface area contributed by atoms with Gasteiger partial charge < -0.3 is 15.2 Å². The highest BCUT2D eigenvalue weighted by molar-refractivity contribution is 5.84. The van der Waals surface area contributed by atoms with E-state index >= 15 is 0 Å². The third-order valence-corrected chi connectivity index (χ3v) is 6.21. The molecule has 1 aliphatic carbocycles. The summed E-state index contributed by atoms with van der Waals surface area (Å²) >= 11 is 0. The van der Waals surface area contributed by atoms with Crippen molar-refractivity contribution in [3.63, 3.8) is 0 Å². The molecular weight excluding hydrogens is 362 g/mol. The average molecular weight is 398 g/mol. The first-order valence-electron chi connectivity index (χ1n) is 10.9. The summed E-state index contributed by atoms with van der Waals surface area (Å²) in [6.45, 7) is 9.60. The van der Waals surface area contributed by atoms with Crippen LogP contribution in [-0.4, -0.2) is 23.2 Å². The maximum Gasteiger partial charge on any atom is 0.304 e. The molecule has 29 heavy (non-hydrogen) atoms. The Morgan fingerprint density at radius 1 is 1.10 bits per heavy atom. The van der Waals surface area contributed by atoms with E-state index in [0.29, 0.717) is 18.1 Å². The Hall–Kier alpha value is -2.07. The lowest BCUT2D eigenvalue weighted by Crippen LogP contribution is -2.30. The number of benzene rings is 2. The molecule has 0 amide bonds. The second-order valence-electron chi connectivity index (χ2n) is 9.68. The van der Waals surface area contributed by atoms with Crippen molar-refractivity contribution in [2.75, 3.05) is 0 Å². The van der Waals surface area contributed by atoms with Gasteiger partial charge in [-0.15, -0.1) is 0 Å². The van der Waals surface area contributed by atoms with E-state index in [-0.39, 0.29) is 12.5 Å². The number of rotatable bonds is 7. The number of hydrogen-bond donors (Lipinski definition) is 2. The minimum Gasteiger partial charge on any atom is -0.490 e. The number of nitrogens with one attached hydrogen (secondary N) is 1. The maximum absolute atomic E-state index is 10.8. The second-order valence-corrected chi connectivity index (χ2v) is 9.68. The summed E-state index contributed by atoms with van der Waals surface area (Å²) in [4.78, 5) is 10.8. The number of carboxylic acid groups (broad SMARTS) is 1. The highest BCUT2D eigenvalue weighted by Gasteiger charge is 2.30. The summed E-state index contributed by atoms with van der Waals surface area (Å²) in [6.07, 6.45) is 5.23. The Morgan fingerprint density at radius 3 is 2.41 bits per heavy atom. The molecule has 0 aliphatic heterocycles. The van der Waals surface area contributed by atoms with E-state index in [0.717, 1.165) is 30.1 Å². The van der Waals surface area contributed by atoms with Crippen LogP contribution in [0.15, 0.2) is 36.4 Å². The smallest absolute Gasteiger partial charge is 0.304 e. The van der Waals surface area contributed by atoms with E-state index in [1.54, 1.807) is 0 Å². The van der Waals surface area contributed by atoms with E-state index in [1.165, 1.54) is 23.6 Å². The van der Waals surface area contributed by atoms with Crippen LogP contribution in [0.2, 0.25) is 0 Å². The largest absolute Gasteiger partial charge is 0.490 e. The Kier molecular flexibility index (Phi) is 6.84. The number of aliphatic carboxylic acids is 1. The summed E-state index contributed by atoms with van der Waals surface area (Å²) in [7, 11) is 0. The van der Waals surface area contributed by atoms with Gasteiger partial charge in [0, 0.05) is 12.6 Å². The van der Waals surface area contributed by atoms with E-state index in [4.69, 9.17) is 9.84 Å². The zero-order valence-corrected chi connectivity index (χ0v) is 18.2. The van der Waals surface area contributed by atoms with Gasteiger partial charge in [0.2, 0.25) is 0 Å². The lowest BCUT2D eigenvalue weighted by Gasteiger charge is -2.37. The van der Waals surface area contributed by atoms with Crippen molar-refractivity contribution < 1.29 is 14.6 Å². The molecule has 0 heterocycles. The van der Waals surface area contributed by atoms with Crippen LogP contribution in [0.5, 0.6) is 5.75 Å². The highest BCUT2D eigenvalue weighted by Crippen LogP contribution is 2.39. The second kappa shape index (κ2) is 9.17. The van der Waals surface area contributed by atoms with Crippen molar-refractivity contribution in [3.05, 3.63) is 42.0 Å². The van der Waals surface area contributed by atoms with E-state index in [2.05, 4.69) is 62.5 Å². The monoisotopic (exact) mass is 397 g/mol. The molecule has 0 aromatic heterocycles. The number of hydrogen-bond acceptors (Lipinski definition) is 3. The van der Waals surface area contributed by atoms with Crippen molar-refractivity contribution in [1.29, 1.82) is 0 Å². The molecule has 4 nitrogen and oxygen atoms in total. The van der Waals surface area contributed by atoms with Gasteiger partial charge in [-0.1, -0.05) is 39.0 Å². The van der Waals surface area contributed by atoms with Crippen molar-refractivity contribution >= 4 is 16.7 Å². The third kappa shape index (κ3) is 6.20. The van der Waals surface area contributed by atoms with Crippen molar-refractivity contribution in [2.24, 2.45) is 11.3 Å². The van der Waals surface area contributed by atoms with E-state index < -0.39 is 5.97 Å². The zero-order valence-electron chi connectivity index (χ0n) is 18.2. The van der Waals surface area contributed by atoms with Crippen LogP contribution >= 0.6 is 0 Å². The van der Waals surface area contributed by atoms with Gasteiger partial charge in [0.1, 0.15) is 5.75 Å². The topological polar surface area (TPSA) is 58.6 Å². The first-order valence-corrected chi connectivity index (χ1v) is 10.9. The minimum absolute atomic E-state index is 0.0488. The standard InChI is InChI=1S/C25H35NO3/c1-17(13-24(27)28)26-16-18-5-6-20-15-23(10-7-19(20)14-18)29-22-11-8-21(9-12-22)25(2,3)4/h5-7,10,14-15,17,21-22,26H,8-9,11-13,16H2,1-4H3,(H,27,28)/t17?,21-,22-. The minimum atomic E-state index is -0.775. The quantitative estimate of drug-likeness (QED) is 0.622. The first kappa shape index (κ1) is 21.6. The fourth-order valence-electron chi connectivity index (χ4n) is 4.32. The van der Waals surface area contributed by atoms with Crippen LogP contribution in [0.4, 0.5) is 0 Å². The van der Waals surface area contributed by atoms with Gasteiger partial charge in [-0.25, -0.2) is 0 Å². The Labute approximate surface area is 174 Å². The number of ether oxygens (including phenoxy) is 1. The van der Waals surface area contributed by atoms with Gasteiger partial charge >= 0.3 is 5.97 Å². The maximum atomic E-state index is 10.8. The van der Waals surface area contributed by atoms with Crippen LogP contribution in [0.3, 0.4) is 0 Å². The molecule has 158 valence electrons. The van der Waals surface area contributed by atoms with Crippen LogP contribution in [0, 0.1) is 11.3 Å². The molecule has 2 aromatic rings. The molecule has 2 N–H and O–H groups in total. The van der Waals surface area contributed by atoms with Crippen molar-refractivity contribution in [1.82, 2.24) is 5.32 Å². The molecular formula is C25H35NO3. The summed E-state index contributed by atoms with van der Waals surface area (Å²) in [5, 5.41) is 14.5. The van der Waals surface area contributed by atoms with E-state index in [9.17, 15) is 4.79 Å². The van der Waals surface area contributed by atoms with Crippen molar-refractivity contribution in [2.45, 2.75) is 78.5 Å². The summed E-state index contributed by atoms with van der Waals surface area (Å²) in [5.41, 5.74) is 1.55. The molecule has 3 rings (SSSR count). The van der Waals surface area contributed by atoms with Gasteiger partial charge in [0.05, 0.1) is 12.5 Å². The molecule has 1 aliphatic rings. The molecule has 4 heteroatoms. The predicted molar refractivity (Wildman–Crippen MR) is 118 cm³/mol. The van der Waals surface area contributed by atoms with Crippen molar-refractivity contribution in [3.8, 4) is 5.75 Å². The van der Waals surface area contributed by atoms with Crippen LogP contribution in [0.25, 0.3) is 10.8 Å². The van der Waals surface area contributed by atoms with Gasteiger partial charge in [0.15, 0.2) is 0 Å². The Balaban J connectivity index is 1.57. The summed E-state index contributed by atoms with van der Waals surface area (Å²) in [5.74, 6) is 0.977. The fourth-order valence-corrected chi connectivity index (χ4v) is 4.32. The normalized spacial score (nSPS) is 21.1. The summed E-state index contributed by atoms with van der Waals surface area (Å²) < 4.78 is 6.30. The number of carboxylic acids is 1. The fraction of sp³-hybridized carbons (Fsp3) is 0.560. The zero-order chi connectivity index (χ0) is 21.0. The van der Waals surface area contributed by atoms with Crippen LogP contribution in [0.1, 0.15) is 65.4 Å². The number of carbonyl (C=O) groups is 1. The molecule has 0 bridgehead atoms. The predicted octanol–water partition coefficient (Wildman–Crippen LogP) is 5.78. The van der Waals surface area contributed by atoms with E-state index in [1.807, 2.05) is 6.92 Å². The SMILES string of the molecule is CC(CC(=O)O)NCc1ccc2cc(O[C@H]3CC[C@H](C(C)(C)C)CC3)ccc2c1. The third-order valence-electron chi connectivity index (χ3n) is 6.21. The van der Waals surface area contributed by atoms with Crippen LogP contribution < -0.4 is 10.1 Å². The van der Waals surface area contributed by atoms with Gasteiger partial charge in [-0.05, 0) is 78.5 Å². The molecule has 1 saturated carbocycles. The lowest BCUT2D eigenvalue weighted by molar-refractivity contribution is -0.137. The summed E-state index contributed by atoms with van der Waals surface area (Å²) in [6, 6.07) is 12.7. The lowest BCUT2D eigenvalue weighted by atomic mass is 9.72. The molecule has 1 atom stereocenters. The number of fused-ring (bicyclic) bond motifs is 1. The van der Waals surface area contributed by atoms with Gasteiger partial charge in [-0.2, -0.15) is 0 Å². The first-order chi connectivity index (χ1) is 13.7. The molecule has 1 unspecified atom stereocenters.